The normalized spacial score (nSPS) is 10.1. The van der Waals surface area contributed by atoms with Crippen LogP contribution in [-0.2, 0) is 17.1 Å². The third-order valence-corrected chi connectivity index (χ3v) is 4.53. The molecule has 0 aliphatic rings. The van der Waals surface area contributed by atoms with Gasteiger partial charge in [-0.3, -0.25) is 4.79 Å². The van der Waals surface area contributed by atoms with Gasteiger partial charge in [-0.15, -0.1) is 11.8 Å². The molecule has 2 aromatic rings. The number of rotatable bonds is 6. The third-order valence-electron chi connectivity index (χ3n) is 3.54. The van der Waals surface area contributed by atoms with Crippen LogP contribution in [0, 0.1) is 18.3 Å². The van der Waals surface area contributed by atoms with Gasteiger partial charge in [-0.25, -0.2) is 0 Å². The highest BCUT2D eigenvalue weighted by molar-refractivity contribution is 7.99. The van der Waals surface area contributed by atoms with Crippen molar-refractivity contribution in [2.24, 2.45) is 0 Å². The largest absolute Gasteiger partial charge is 0.341 e. The monoisotopic (exact) mass is 324 g/mol. The van der Waals surface area contributed by atoms with E-state index >= 15 is 0 Å². The number of hydrogen-bond donors (Lipinski definition) is 0. The molecule has 2 rings (SSSR count). The lowest BCUT2D eigenvalue weighted by molar-refractivity contribution is -0.127. The first kappa shape index (κ1) is 17.1. The standard InChI is InChI=1S/C19H20N2OS/c1-15-3-5-18(6-4-15)13-23-14-19(22)21(2)12-17-9-7-16(11-20)8-10-17/h3-10H,12-14H2,1-2H3. The molecule has 0 aromatic heterocycles. The minimum atomic E-state index is 0.117. The van der Waals surface area contributed by atoms with E-state index in [0.717, 1.165) is 11.3 Å². The topological polar surface area (TPSA) is 44.1 Å². The van der Waals surface area contributed by atoms with Gasteiger partial charge >= 0.3 is 0 Å². The maximum atomic E-state index is 12.2. The lowest BCUT2D eigenvalue weighted by Crippen LogP contribution is -2.27. The number of carbonyl (C=O) groups is 1. The van der Waals surface area contributed by atoms with Gasteiger partial charge in [-0.1, -0.05) is 42.0 Å². The van der Waals surface area contributed by atoms with E-state index in [-0.39, 0.29) is 5.91 Å². The molecule has 0 aliphatic carbocycles. The van der Waals surface area contributed by atoms with Gasteiger partial charge in [-0.05, 0) is 30.2 Å². The van der Waals surface area contributed by atoms with Crippen molar-refractivity contribution in [3.8, 4) is 6.07 Å². The van der Waals surface area contributed by atoms with Crippen LogP contribution in [-0.4, -0.2) is 23.6 Å². The summed E-state index contributed by atoms with van der Waals surface area (Å²) in [5.41, 5.74) is 4.15. The van der Waals surface area contributed by atoms with E-state index in [0.29, 0.717) is 17.9 Å². The van der Waals surface area contributed by atoms with Crippen molar-refractivity contribution in [2.45, 2.75) is 19.2 Å². The van der Waals surface area contributed by atoms with E-state index in [1.54, 1.807) is 28.8 Å². The Balaban J connectivity index is 1.78. The van der Waals surface area contributed by atoms with Crippen LogP contribution in [0.4, 0.5) is 0 Å². The molecule has 0 saturated heterocycles. The Kier molecular flexibility index (Phi) is 6.25. The zero-order valence-corrected chi connectivity index (χ0v) is 14.3. The molecule has 23 heavy (non-hydrogen) atoms. The highest BCUT2D eigenvalue weighted by atomic mass is 32.2. The summed E-state index contributed by atoms with van der Waals surface area (Å²) < 4.78 is 0. The molecule has 1 amide bonds. The van der Waals surface area contributed by atoms with Gasteiger partial charge in [-0.2, -0.15) is 5.26 Å². The number of nitriles is 1. The van der Waals surface area contributed by atoms with Gasteiger partial charge in [0.25, 0.3) is 0 Å². The zero-order valence-electron chi connectivity index (χ0n) is 13.5. The summed E-state index contributed by atoms with van der Waals surface area (Å²) in [6.45, 7) is 2.63. The fraction of sp³-hybridized carbons (Fsp3) is 0.263. The van der Waals surface area contributed by atoms with Crippen LogP contribution >= 0.6 is 11.8 Å². The van der Waals surface area contributed by atoms with Crippen LogP contribution in [0.15, 0.2) is 48.5 Å². The third kappa shape index (κ3) is 5.46. The fourth-order valence-electron chi connectivity index (χ4n) is 2.10. The molecule has 0 radical (unpaired) electrons. The SMILES string of the molecule is Cc1ccc(CSCC(=O)N(C)Cc2ccc(C#N)cc2)cc1. The zero-order chi connectivity index (χ0) is 16.7. The van der Waals surface area contributed by atoms with Crippen LogP contribution in [0.5, 0.6) is 0 Å². The van der Waals surface area contributed by atoms with Gasteiger partial charge < -0.3 is 4.90 Å². The van der Waals surface area contributed by atoms with Gasteiger partial charge in [0.2, 0.25) is 5.91 Å². The Morgan fingerprint density at radius 1 is 1.09 bits per heavy atom. The molecule has 2 aromatic carbocycles. The molecule has 0 fully saturated rings. The average molecular weight is 324 g/mol. The summed E-state index contributed by atoms with van der Waals surface area (Å²) in [7, 11) is 1.81. The number of hydrogen-bond acceptors (Lipinski definition) is 3. The number of amides is 1. The number of carbonyl (C=O) groups excluding carboxylic acids is 1. The smallest absolute Gasteiger partial charge is 0.232 e. The van der Waals surface area contributed by atoms with Crippen LogP contribution in [0.1, 0.15) is 22.3 Å². The van der Waals surface area contributed by atoms with Gasteiger partial charge in [0, 0.05) is 19.3 Å². The van der Waals surface area contributed by atoms with Crippen LogP contribution in [0.3, 0.4) is 0 Å². The van der Waals surface area contributed by atoms with Crippen molar-refractivity contribution >= 4 is 17.7 Å². The first-order chi connectivity index (χ1) is 11.1. The van der Waals surface area contributed by atoms with Crippen LogP contribution in [0.2, 0.25) is 0 Å². The summed E-state index contributed by atoms with van der Waals surface area (Å²) in [4.78, 5) is 13.9. The van der Waals surface area contributed by atoms with Crippen LogP contribution < -0.4 is 0 Å². The second-order valence-electron chi connectivity index (χ2n) is 5.54. The molecule has 0 aliphatic heterocycles. The predicted octanol–water partition coefficient (Wildman–Crippen LogP) is 3.76. The quantitative estimate of drug-likeness (QED) is 0.812. The average Bonchev–Trinajstić information content (AvgIpc) is 2.57. The Bertz CT molecular complexity index is 687. The lowest BCUT2D eigenvalue weighted by Gasteiger charge is -2.17. The van der Waals surface area contributed by atoms with Crippen molar-refractivity contribution in [2.75, 3.05) is 12.8 Å². The van der Waals surface area contributed by atoms with Crippen LogP contribution in [0.25, 0.3) is 0 Å². The summed E-state index contributed by atoms with van der Waals surface area (Å²) >= 11 is 1.63. The Hall–Kier alpha value is -2.25. The minimum absolute atomic E-state index is 0.117. The van der Waals surface area contributed by atoms with Gasteiger partial charge in [0.1, 0.15) is 0 Å². The molecule has 0 spiro atoms. The van der Waals surface area contributed by atoms with E-state index < -0.39 is 0 Å². The molecule has 0 saturated carbocycles. The summed E-state index contributed by atoms with van der Waals surface area (Å²) in [5, 5.41) is 8.79. The molecule has 4 heteroatoms. The number of aryl methyl sites for hydroxylation is 1. The molecule has 0 heterocycles. The minimum Gasteiger partial charge on any atom is -0.341 e. The van der Waals surface area contributed by atoms with E-state index in [2.05, 4.69) is 37.3 Å². The van der Waals surface area contributed by atoms with Gasteiger partial charge in [0.15, 0.2) is 0 Å². The number of nitrogens with zero attached hydrogens (tertiary/aromatic N) is 2. The molecule has 0 N–H and O–H groups in total. The first-order valence-electron chi connectivity index (χ1n) is 7.45. The molecule has 0 unspecified atom stereocenters. The van der Waals surface area contributed by atoms with Crippen molar-refractivity contribution in [1.29, 1.82) is 5.26 Å². The second-order valence-corrected chi connectivity index (χ2v) is 6.52. The highest BCUT2D eigenvalue weighted by Gasteiger charge is 2.09. The predicted molar refractivity (Wildman–Crippen MR) is 95.0 cm³/mol. The molecule has 3 nitrogen and oxygen atoms in total. The second kappa shape index (κ2) is 8.40. The highest BCUT2D eigenvalue weighted by Crippen LogP contribution is 2.14. The van der Waals surface area contributed by atoms with Crippen molar-refractivity contribution in [3.05, 3.63) is 70.8 Å². The summed E-state index contributed by atoms with van der Waals surface area (Å²) in [5.74, 6) is 1.43. The molecule has 0 bridgehead atoms. The van der Waals surface area contributed by atoms with Crippen molar-refractivity contribution < 1.29 is 4.79 Å². The molecule has 118 valence electrons. The fourth-order valence-corrected chi connectivity index (χ4v) is 3.02. The Morgan fingerprint density at radius 2 is 1.70 bits per heavy atom. The lowest BCUT2D eigenvalue weighted by atomic mass is 10.1. The summed E-state index contributed by atoms with van der Waals surface area (Å²) in [6, 6.07) is 17.8. The maximum Gasteiger partial charge on any atom is 0.232 e. The summed E-state index contributed by atoms with van der Waals surface area (Å²) in [6.07, 6.45) is 0. The molecular formula is C19H20N2OS. The number of benzene rings is 2. The van der Waals surface area contributed by atoms with E-state index in [9.17, 15) is 4.79 Å². The van der Waals surface area contributed by atoms with Gasteiger partial charge in [0.05, 0.1) is 17.4 Å². The Labute approximate surface area is 141 Å². The molecule has 0 atom stereocenters. The van der Waals surface area contributed by atoms with E-state index in [1.165, 1.54) is 11.1 Å². The van der Waals surface area contributed by atoms with Crippen molar-refractivity contribution in [3.63, 3.8) is 0 Å². The van der Waals surface area contributed by atoms with Crippen molar-refractivity contribution in [1.82, 2.24) is 4.90 Å². The van der Waals surface area contributed by atoms with E-state index in [4.69, 9.17) is 5.26 Å². The Morgan fingerprint density at radius 3 is 2.30 bits per heavy atom. The number of thioether (sulfide) groups is 1. The molecular weight excluding hydrogens is 304 g/mol. The van der Waals surface area contributed by atoms with E-state index in [1.807, 2.05) is 19.2 Å². The maximum absolute atomic E-state index is 12.2. The first-order valence-corrected chi connectivity index (χ1v) is 8.60.